The second-order valence-electron chi connectivity index (χ2n) is 4.79. The number of rotatable bonds is 9. The lowest BCUT2D eigenvalue weighted by molar-refractivity contribution is 0.518. The molecule has 0 spiro atoms. The van der Waals surface area contributed by atoms with Gasteiger partial charge >= 0.3 is 0 Å². The van der Waals surface area contributed by atoms with Crippen LogP contribution in [0.5, 0.6) is 0 Å². The first kappa shape index (κ1) is 15.0. The summed E-state index contributed by atoms with van der Waals surface area (Å²) in [6, 6.07) is 4.22. The van der Waals surface area contributed by atoms with Gasteiger partial charge in [0.05, 0.1) is 0 Å². The summed E-state index contributed by atoms with van der Waals surface area (Å²) in [4.78, 5) is 4.45. The molecule has 0 bridgehead atoms. The number of pyridine rings is 1. The van der Waals surface area contributed by atoms with Crippen LogP contribution in [-0.2, 0) is 6.54 Å². The zero-order valence-electron chi connectivity index (χ0n) is 12.0. The smallest absolute Gasteiger partial charge is 0.125 e. The summed E-state index contributed by atoms with van der Waals surface area (Å²) in [5, 5.41) is 6.79. The Kier molecular flexibility index (Phi) is 7.42. The average Bonchev–Trinajstić information content (AvgIpc) is 2.42. The number of nitrogens with zero attached hydrogens (tertiary/aromatic N) is 1. The zero-order chi connectivity index (χ0) is 13.2. The molecule has 0 unspecified atom stereocenters. The highest BCUT2D eigenvalue weighted by Gasteiger charge is 2.03. The van der Waals surface area contributed by atoms with Gasteiger partial charge in [0.1, 0.15) is 5.82 Å². The first-order valence-electron chi connectivity index (χ1n) is 7.19. The van der Waals surface area contributed by atoms with Crippen molar-refractivity contribution < 1.29 is 0 Å². The van der Waals surface area contributed by atoms with Crippen LogP contribution in [0, 0.1) is 5.92 Å². The molecular formula is C15H27N3. The summed E-state index contributed by atoms with van der Waals surface area (Å²) in [7, 11) is 0. The lowest BCUT2D eigenvalue weighted by atomic mass is 10.0. The quantitative estimate of drug-likeness (QED) is 0.658. The molecule has 1 aromatic rings. The van der Waals surface area contributed by atoms with Gasteiger partial charge in [-0.05, 0) is 30.5 Å². The van der Waals surface area contributed by atoms with Crippen LogP contribution < -0.4 is 10.6 Å². The molecule has 1 heterocycles. The van der Waals surface area contributed by atoms with E-state index >= 15 is 0 Å². The first-order valence-corrected chi connectivity index (χ1v) is 7.19. The molecule has 3 nitrogen and oxygen atoms in total. The maximum absolute atomic E-state index is 4.45. The van der Waals surface area contributed by atoms with Crippen molar-refractivity contribution in [3.05, 3.63) is 23.9 Å². The van der Waals surface area contributed by atoms with E-state index in [1.807, 2.05) is 6.20 Å². The molecule has 1 rings (SSSR count). The standard InChI is InChI=1S/C15H27N3/c1-4-9-16-10-14-7-8-15(18-12-14)17-11-13(5-2)6-3/h7-8,12-13,16H,4-6,9-11H2,1-3H3,(H,17,18). The van der Waals surface area contributed by atoms with E-state index in [2.05, 4.69) is 48.5 Å². The fourth-order valence-corrected chi connectivity index (χ4v) is 1.87. The van der Waals surface area contributed by atoms with Gasteiger partial charge in [0, 0.05) is 19.3 Å². The number of anilines is 1. The van der Waals surface area contributed by atoms with Crippen molar-refractivity contribution >= 4 is 5.82 Å². The van der Waals surface area contributed by atoms with Gasteiger partial charge in [-0.15, -0.1) is 0 Å². The van der Waals surface area contributed by atoms with Crippen LogP contribution in [0.15, 0.2) is 18.3 Å². The van der Waals surface area contributed by atoms with E-state index in [4.69, 9.17) is 0 Å². The largest absolute Gasteiger partial charge is 0.370 e. The minimum atomic E-state index is 0.748. The molecule has 102 valence electrons. The lowest BCUT2D eigenvalue weighted by Gasteiger charge is -2.13. The molecule has 2 N–H and O–H groups in total. The van der Waals surface area contributed by atoms with Crippen molar-refractivity contribution in [1.29, 1.82) is 0 Å². The molecule has 0 saturated carbocycles. The summed E-state index contributed by atoms with van der Waals surface area (Å²) in [6.07, 6.45) is 5.57. The number of nitrogens with one attached hydrogen (secondary N) is 2. The maximum atomic E-state index is 4.45. The van der Waals surface area contributed by atoms with Crippen LogP contribution in [0.3, 0.4) is 0 Å². The number of hydrogen-bond acceptors (Lipinski definition) is 3. The van der Waals surface area contributed by atoms with Gasteiger partial charge < -0.3 is 10.6 Å². The summed E-state index contributed by atoms with van der Waals surface area (Å²) in [6.45, 7) is 9.66. The van der Waals surface area contributed by atoms with Crippen molar-refractivity contribution in [2.24, 2.45) is 5.92 Å². The van der Waals surface area contributed by atoms with E-state index in [9.17, 15) is 0 Å². The van der Waals surface area contributed by atoms with E-state index < -0.39 is 0 Å². The predicted octanol–water partition coefficient (Wildman–Crippen LogP) is 3.43. The highest BCUT2D eigenvalue weighted by molar-refractivity contribution is 5.35. The molecule has 0 aromatic carbocycles. The van der Waals surface area contributed by atoms with E-state index in [1.54, 1.807) is 0 Å². The van der Waals surface area contributed by atoms with E-state index in [1.165, 1.54) is 24.8 Å². The minimum Gasteiger partial charge on any atom is -0.370 e. The minimum absolute atomic E-state index is 0.748. The molecule has 0 aliphatic heterocycles. The van der Waals surface area contributed by atoms with Crippen molar-refractivity contribution in [3.63, 3.8) is 0 Å². The third-order valence-electron chi connectivity index (χ3n) is 3.31. The molecular weight excluding hydrogens is 222 g/mol. The van der Waals surface area contributed by atoms with Crippen molar-refractivity contribution in [2.45, 2.75) is 46.6 Å². The van der Waals surface area contributed by atoms with Gasteiger partial charge in [0.15, 0.2) is 0 Å². The molecule has 1 aromatic heterocycles. The zero-order valence-corrected chi connectivity index (χ0v) is 12.0. The van der Waals surface area contributed by atoms with Crippen molar-refractivity contribution in [1.82, 2.24) is 10.3 Å². The molecule has 0 radical (unpaired) electrons. The Morgan fingerprint density at radius 3 is 2.50 bits per heavy atom. The van der Waals surface area contributed by atoms with E-state index in [0.717, 1.165) is 31.4 Å². The fraction of sp³-hybridized carbons (Fsp3) is 0.667. The first-order chi connectivity index (χ1) is 8.80. The lowest BCUT2D eigenvalue weighted by Crippen LogP contribution is -2.15. The van der Waals surface area contributed by atoms with Gasteiger partial charge in [-0.3, -0.25) is 0 Å². The third kappa shape index (κ3) is 5.50. The monoisotopic (exact) mass is 249 g/mol. The Morgan fingerprint density at radius 2 is 1.94 bits per heavy atom. The Morgan fingerprint density at radius 1 is 1.17 bits per heavy atom. The molecule has 0 saturated heterocycles. The second kappa shape index (κ2) is 8.92. The molecule has 0 aliphatic rings. The van der Waals surface area contributed by atoms with Crippen LogP contribution in [0.25, 0.3) is 0 Å². The number of aromatic nitrogens is 1. The van der Waals surface area contributed by atoms with E-state index in [0.29, 0.717) is 0 Å². The predicted molar refractivity (Wildman–Crippen MR) is 78.8 cm³/mol. The summed E-state index contributed by atoms with van der Waals surface area (Å²) in [5.74, 6) is 1.74. The van der Waals surface area contributed by atoms with Crippen molar-refractivity contribution in [3.8, 4) is 0 Å². The molecule has 0 atom stereocenters. The SMILES string of the molecule is CCCNCc1ccc(NCC(CC)CC)nc1. The number of hydrogen-bond donors (Lipinski definition) is 2. The molecule has 0 amide bonds. The molecule has 0 fully saturated rings. The summed E-state index contributed by atoms with van der Waals surface area (Å²) >= 11 is 0. The second-order valence-corrected chi connectivity index (χ2v) is 4.79. The Bertz CT molecular complexity index is 304. The highest BCUT2D eigenvalue weighted by atomic mass is 15.0. The normalized spacial score (nSPS) is 10.9. The Labute approximate surface area is 111 Å². The highest BCUT2D eigenvalue weighted by Crippen LogP contribution is 2.10. The van der Waals surface area contributed by atoms with Crippen LogP contribution in [0.2, 0.25) is 0 Å². The Balaban J connectivity index is 2.35. The topological polar surface area (TPSA) is 37.0 Å². The summed E-state index contributed by atoms with van der Waals surface area (Å²) < 4.78 is 0. The third-order valence-corrected chi connectivity index (χ3v) is 3.31. The van der Waals surface area contributed by atoms with Gasteiger partial charge in [-0.2, -0.15) is 0 Å². The van der Waals surface area contributed by atoms with Crippen LogP contribution in [-0.4, -0.2) is 18.1 Å². The fourth-order valence-electron chi connectivity index (χ4n) is 1.87. The van der Waals surface area contributed by atoms with Crippen LogP contribution in [0.1, 0.15) is 45.6 Å². The molecule has 0 aliphatic carbocycles. The molecule has 18 heavy (non-hydrogen) atoms. The van der Waals surface area contributed by atoms with Gasteiger partial charge in [0.25, 0.3) is 0 Å². The maximum Gasteiger partial charge on any atom is 0.125 e. The van der Waals surface area contributed by atoms with Gasteiger partial charge in [-0.25, -0.2) is 4.98 Å². The van der Waals surface area contributed by atoms with Gasteiger partial charge in [-0.1, -0.05) is 39.7 Å². The average molecular weight is 249 g/mol. The van der Waals surface area contributed by atoms with Crippen molar-refractivity contribution in [2.75, 3.05) is 18.4 Å². The van der Waals surface area contributed by atoms with Crippen LogP contribution >= 0.6 is 0 Å². The Hall–Kier alpha value is -1.09. The van der Waals surface area contributed by atoms with E-state index in [-0.39, 0.29) is 0 Å². The summed E-state index contributed by atoms with van der Waals surface area (Å²) in [5.41, 5.74) is 1.25. The molecule has 3 heteroatoms. The van der Waals surface area contributed by atoms with Gasteiger partial charge in [0.2, 0.25) is 0 Å². The van der Waals surface area contributed by atoms with Crippen LogP contribution in [0.4, 0.5) is 5.82 Å².